The first-order chi connectivity index (χ1) is 19.8. The first kappa shape index (κ1) is 30.5. The summed E-state index contributed by atoms with van der Waals surface area (Å²) in [5.41, 5.74) is -0.720. The monoisotopic (exact) mass is 592 g/mol. The van der Waals surface area contributed by atoms with Gasteiger partial charge in [-0.05, 0) is 80.6 Å². The van der Waals surface area contributed by atoms with E-state index < -0.39 is 47.8 Å². The van der Waals surface area contributed by atoms with E-state index in [4.69, 9.17) is 23.7 Å². The maximum Gasteiger partial charge on any atom is 0.331 e. The first-order valence-electron chi connectivity index (χ1n) is 15.8. The Labute approximate surface area is 248 Å². The summed E-state index contributed by atoms with van der Waals surface area (Å²) in [5.74, 6) is -0.234. The molecule has 6 aliphatic rings. The van der Waals surface area contributed by atoms with Gasteiger partial charge in [0.15, 0.2) is 6.29 Å². The van der Waals surface area contributed by atoms with E-state index in [0.717, 1.165) is 50.5 Å². The average Bonchev–Trinajstić information content (AvgIpc) is 3.44. The molecule has 5 fully saturated rings. The predicted octanol–water partition coefficient (Wildman–Crippen LogP) is 2.65. The quantitative estimate of drug-likeness (QED) is 0.322. The van der Waals surface area contributed by atoms with Gasteiger partial charge in [0.2, 0.25) is 0 Å². The number of ether oxygens (including phenoxy) is 5. The van der Waals surface area contributed by atoms with Crippen molar-refractivity contribution in [2.75, 3.05) is 13.7 Å². The second-order valence-electron chi connectivity index (χ2n) is 14.5. The lowest BCUT2D eigenvalue weighted by Gasteiger charge is -2.63. The molecule has 236 valence electrons. The molecule has 2 aliphatic heterocycles. The van der Waals surface area contributed by atoms with Crippen molar-refractivity contribution in [2.45, 2.75) is 128 Å². The van der Waals surface area contributed by atoms with Crippen LogP contribution in [0.25, 0.3) is 0 Å². The molecular formula is C32H48O10. The molecule has 10 heteroatoms. The normalized spacial score (nSPS) is 52.0. The van der Waals surface area contributed by atoms with E-state index in [0.29, 0.717) is 18.3 Å². The van der Waals surface area contributed by atoms with E-state index >= 15 is 0 Å². The minimum absolute atomic E-state index is 0.0190. The lowest BCUT2D eigenvalue weighted by Crippen LogP contribution is -2.62. The topological polar surface area (TPSA) is 141 Å². The number of methoxy groups -OCH3 is 1. The summed E-state index contributed by atoms with van der Waals surface area (Å²) in [6.07, 6.45) is 3.36. The molecule has 42 heavy (non-hydrogen) atoms. The molecule has 0 aromatic carbocycles. The van der Waals surface area contributed by atoms with Gasteiger partial charge in [0.1, 0.15) is 31.0 Å². The first-order valence-corrected chi connectivity index (χ1v) is 15.8. The minimum atomic E-state index is -1.08. The Kier molecular flexibility index (Phi) is 7.84. The van der Waals surface area contributed by atoms with Crippen LogP contribution in [0.2, 0.25) is 0 Å². The summed E-state index contributed by atoms with van der Waals surface area (Å²) in [6, 6.07) is 0. The zero-order valence-electron chi connectivity index (χ0n) is 25.5. The molecule has 0 aromatic heterocycles. The van der Waals surface area contributed by atoms with Crippen LogP contribution in [-0.2, 0) is 33.3 Å². The number of aliphatic hydroxyl groups is 3. The molecule has 4 saturated carbocycles. The van der Waals surface area contributed by atoms with Gasteiger partial charge in [0.25, 0.3) is 0 Å². The van der Waals surface area contributed by atoms with Crippen LogP contribution in [0.1, 0.15) is 79.1 Å². The van der Waals surface area contributed by atoms with Gasteiger partial charge >= 0.3 is 11.9 Å². The average molecular weight is 593 g/mol. The molecule has 2 heterocycles. The molecule has 0 amide bonds. The molecule has 10 nitrogen and oxygen atoms in total. The van der Waals surface area contributed by atoms with Gasteiger partial charge in [0, 0.05) is 37.9 Å². The largest absolute Gasteiger partial charge is 0.462 e. The van der Waals surface area contributed by atoms with Gasteiger partial charge in [-0.25, -0.2) is 4.79 Å². The summed E-state index contributed by atoms with van der Waals surface area (Å²) in [5, 5.41) is 33.8. The molecule has 1 saturated heterocycles. The van der Waals surface area contributed by atoms with Crippen molar-refractivity contribution in [2.24, 2.45) is 34.5 Å². The molecule has 4 aliphatic carbocycles. The number of hydrogen-bond acceptors (Lipinski definition) is 10. The third kappa shape index (κ3) is 4.58. The number of rotatable bonds is 5. The lowest BCUT2D eigenvalue weighted by atomic mass is 9.43. The smallest absolute Gasteiger partial charge is 0.331 e. The second-order valence-corrected chi connectivity index (χ2v) is 14.5. The van der Waals surface area contributed by atoms with Gasteiger partial charge in [-0.2, -0.15) is 0 Å². The summed E-state index contributed by atoms with van der Waals surface area (Å²) < 4.78 is 28.7. The molecule has 8 unspecified atom stereocenters. The number of carbonyl (C=O) groups is 2. The zero-order valence-corrected chi connectivity index (χ0v) is 25.5. The Balaban J connectivity index is 1.20. The Morgan fingerprint density at radius 1 is 1.07 bits per heavy atom. The second kappa shape index (κ2) is 10.8. The van der Waals surface area contributed by atoms with E-state index in [1.807, 2.05) is 0 Å². The van der Waals surface area contributed by atoms with Crippen molar-refractivity contribution < 1.29 is 48.6 Å². The molecule has 0 radical (unpaired) electrons. The highest BCUT2D eigenvalue weighted by atomic mass is 16.7. The number of hydrogen-bond donors (Lipinski definition) is 3. The highest BCUT2D eigenvalue weighted by molar-refractivity contribution is 5.85. The van der Waals surface area contributed by atoms with E-state index in [1.165, 1.54) is 20.1 Å². The fourth-order valence-corrected chi connectivity index (χ4v) is 10.4. The SMILES string of the molecule is COC1C(O)C(C)OC(OC2CC[C@@]3(C)[C@H](CC[C@@H]4[C@H]3CC[C@]3(C)C(C5=CC(=O)OC5)C(OC(C)=O)C[C@]43O)C2)C1O. The Morgan fingerprint density at radius 2 is 1.83 bits per heavy atom. The third-order valence-corrected chi connectivity index (χ3v) is 12.6. The zero-order chi connectivity index (χ0) is 30.2. The van der Waals surface area contributed by atoms with Crippen LogP contribution in [0, 0.1) is 34.5 Å². The number of carbonyl (C=O) groups excluding carboxylic acids is 2. The maximum absolute atomic E-state index is 12.7. The van der Waals surface area contributed by atoms with Crippen LogP contribution in [0.3, 0.4) is 0 Å². The number of fused-ring (bicyclic) bond motifs is 5. The van der Waals surface area contributed by atoms with Crippen LogP contribution in [0.15, 0.2) is 11.6 Å². The summed E-state index contributed by atoms with van der Waals surface area (Å²) >= 11 is 0. The molecule has 0 aromatic rings. The van der Waals surface area contributed by atoms with E-state index in [2.05, 4.69) is 13.8 Å². The maximum atomic E-state index is 12.7. The van der Waals surface area contributed by atoms with Gasteiger partial charge in [-0.1, -0.05) is 13.8 Å². The Bertz CT molecular complexity index is 1110. The van der Waals surface area contributed by atoms with Crippen molar-refractivity contribution >= 4 is 11.9 Å². The van der Waals surface area contributed by atoms with Crippen molar-refractivity contribution in [3.63, 3.8) is 0 Å². The fourth-order valence-electron chi connectivity index (χ4n) is 10.4. The van der Waals surface area contributed by atoms with E-state index in [-0.39, 0.29) is 41.9 Å². The highest BCUT2D eigenvalue weighted by Gasteiger charge is 2.71. The van der Waals surface area contributed by atoms with Crippen molar-refractivity contribution in [3.05, 3.63) is 11.6 Å². The van der Waals surface area contributed by atoms with Crippen molar-refractivity contribution in [1.29, 1.82) is 0 Å². The van der Waals surface area contributed by atoms with Crippen molar-refractivity contribution in [3.8, 4) is 0 Å². The third-order valence-electron chi connectivity index (χ3n) is 12.6. The molecule has 14 atom stereocenters. The van der Waals surface area contributed by atoms with E-state index in [9.17, 15) is 24.9 Å². The minimum Gasteiger partial charge on any atom is -0.462 e. The molecular weight excluding hydrogens is 544 g/mol. The molecule has 6 rings (SSSR count). The number of cyclic esters (lactones) is 1. The summed E-state index contributed by atoms with van der Waals surface area (Å²) in [6.45, 7) is 7.85. The van der Waals surface area contributed by atoms with Crippen LogP contribution < -0.4 is 0 Å². The van der Waals surface area contributed by atoms with Crippen LogP contribution >= 0.6 is 0 Å². The van der Waals surface area contributed by atoms with Gasteiger partial charge < -0.3 is 39.0 Å². The molecule has 3 N–H and O–H groups in total. The predicted molar refractivity (Wildman–Crippen MR) is 149 cm³/mol. The van der Waals surface area contributed by atoms with Crippen LogP contribution in [0.5, 0.6) is 0 Å². The summed E-state index contributed by atoms with van der Waals surface area (Å²) in [7, 11) is 1.47. The van der Waals surface area contributed by atoms with Crippen LogP contribution in [-0.4, -0.2) is 89.5 Å². The number of esters is 2. The fraction of sp³-hybridized carbons (Fsp3) is 0.875. The summed E-state index contributed by atoms with van der Waals surface area (Å²) in [4.78, 5) is 24.2. The standard InChI is InChI=1S/C32H48O10/c1-16-26(35)28(38-5)27(36)29(40-16)42-20-8-10-30(3)19(13-20)6-7-22-21(30)9-11-31(4)25(18-12-24(34)39-15-18)23(41-17(2)33)14-32(22,31)37/h12,16,19-23,25-29,35-37H,6-11,13-15H2,1-5H3/t16?,19-,20?,21-,22-,23?,25?,26?,27?,28?,29?,30+,31-,32+/m1/s1. The molecule has 0 spiro atoms. The van der Waals surface area contributed by atoms with Crippen LogP contribution in [0.4, 0.5) is 0 Å². The lowest BCUT2D eigenvalue weighted by molar-refractivity contribution is -0.313. The van der Waals surface area contributed by atoms with Gasteiger partial charge in [0.05, 0.1) is 17.8 Å². The molecule has 0 bridgehead atoms. The number of aliphatic hydroxyl groups excluding tert-OH is 2. The van der Waals surface area contributed by atoms with Gasteiger partial charge in [-0.3, -0.25) is 4.79 Å². The Hall–Kier alpha value is -1.56. The highest BCUT2D eigenvalue weighted by Crippen LogP contribution is 2.70. The Morgan fingerprint density at radius 3 is 2.50 bits per heavy atom. The van der Waals surface area contributed by atoms with Crippen molar-refractivity contribution in [1.82, 2.24) is 0 Å². The van der Waals surface area contributed by atoms with Gasteiger partial charge in [-0.15, -0.1) is 0 Å². The van der Waals surface area contributed by atoms with E-state index in [1.54, 1.807) is 6.92 Å².